The van der Waals surface area contributed by atoms with Gasteiger partial charge in [-0.25, -0.2) is 0 Å². The maximum absolute atomic E-state index is 11.9. The number of nitrogens with one attached hydrogen (secondary N) is 2. The van der Waals surface area contributed by atoms with Gasteiger partial charge in [0.2, 0.25) is 0 Å². The second kappa shape index (κ2) is 8.71. The summed E-state index contributed by atoms with van der Waals surface area (Å²) < 4.78 is 0. The molecule has 0 aromatic heterocycles. The summed E-state index contributed by atoms with van der Waals surface area (Å²) in [6.07, 6.45) is 0. The zero-order chi connectivity index (χ0) is 19.1. The van der Waals surface area contributed by atoms with E-state index in [0.29, 0.717) is 11.1 Å². The van der Waals surface area contributed by atoms with E-state index in [2.05, 4.69) is 10.6 Å². The molecule has 0 spiro atoms. The first kappa shape index (κ1) is 19.1. The molecule has 2 N–H and O–H groups in total. The van der Waals surface area contributed by atoms with Gasteiger partial charge in [0, 0.05) is 11.1 Å². The predicted octanol–water partition coefficient (Wildman–Crippen LogP) is 1.99. The SMILES string of the molecule is CC(=O)CNC(=O)c1ccc(-c2ccc(C(=O)NCC(C)=O)cc2)cc1. The Morgan fingerprint density at radius 1 is 0.615 bits per heavy atom. The highest BCUT2D eigenvalue weighted by molar-refractivity contribution is 5.97. The van der Waals surface area contributed by atoms with Crippen molar-refractivity contribution in [2.45, 2.75) is 13.8 Å². The van der Waals surface area contributed by atoms with E-state index in [-0.39, 0.29) is 36.5 Å². The van der Waals surface area contributed by atoms with E-state index in [4.69, 9.17) is 0 Å². The molecule has 26 heavy (non-hydrogen) atoms. The fraction of sp³-hybridized carbons (Fsp3) is 0.200. The Bertz CT molecular complexity index is 752. The number of hydrogen-bond acceptors (Lipinski definition) is 4. The molecule has 6 heteroatoms. The van der Waals surface area contributed by atoms with Crippen molar-refractivity contribution in [3.8, 4) is 11.1 Å². The average Bonchev–Trinajstić information content (AvgIpc) is 2.64. The zero-order valence-electron chi connectivity index (χ0n) is 14.7. The minimum Gasteiger partial charge on any atom is -0.345 e. The Morgan fingerprint density at radius 2 is 0.923 bits per heavy atom. The first-order valence-electron chi connectivity index (χ1n) is 8.12. The normalized spacial score (nSPS) is 10.1. The van der Waals surface area contributed by atoms with E-state index in [0.717, 1.165) is 11.1 Å². The monoisotopic (exact) mass is 352 g/mol. The first-order valence-corrected chi connectivity index (χ1v) is 8.12. The summed E-state index contributed by atoms with van der Waals surface area (Å²) in [5, 5.41) is 5.08. The van der Waals surface area contributed by atoms with Crippen LogP contribution in [-0.2, 0) is 9.59 Å². The molecule has 2 aromatic rings. The van der Waals surface area contributed by atoms with E-state index in [1.54, 1.807) is 48.5 Å². The molecular weight excluding hydrogens is 332 g/mol. The molecule has 0 unspecified atom stereocenters. The number of amides is 2. The number of rotatable bonds is 7. The molecule has 0 bridgehead atoms. The smallest absolute Gasteiger partial charge is 0.251 e. The molecule has 2 rings (SSSR count). The van der Waals surface area contributed by atoms with Crippen LogP contribution < -0.4 is 10.6 Å². The van der Waals surface area contributed by atoms with Gasteiger partial charge in [-0.2, -0.15) is 0 Å². The summed E-state index contributed by atoms with van der Waals surface area (Å²) in [6.45, 7) is 2.84. The van der Waals surface area contributed by atoms with Crippen LogP contribution in [0.4, 0.5) is 0 Å². The van der Waals surface area contributed by atoms with Crippen molar-refractivity contribution in [3.05, 3.63) is 59.7 Å². The number of carbonyl (C=O) groups is 4. The van der Waals surface area contributed by atoms with Crippen LogP contribution in [0.3, 0.4) is 0 Å². The third-order valence-electron chi connectivity index (χ3n) is 3.62. The fourth-order valence-corrected chi connectivity index (χ4v) is 2.24. The van der Waals surface area contributed by atoms with Gasteiger partial charge in [0.25, 0.3) is 11.8 Å². The van der Waals surface area contributed by atoms with Crippen molar-refractivity contribution in [1.82, 2.24) is 10.6 Å². The number of benzene rings is 2. The first-order chi connectivity index (χ1) is 12.4. The Morgan fingerprint density at radius 3 is 1.19 bits per heavy atom. The van der Waals surface area contributed by atoms with Crippen molar-refractivity contribution in [3.63, 3.8) is 0 Å². The number of ketones is 2. The summed E-state index contributed by atoms with van der Waals surface area (Å²) >= 11 is 0. The van der Waals surface area contributed by atoms with Crippen molar-refractivity contribution < 1.29 is 19.2 Å². The van der Waals surface area contributed by atoms with Crippen LogP contribution in [0.5, 0.6) is 0 Å². The highest BCUT2D eigenvalue weighted by Crippen LogP contribution is 2.20. The van der Waals surface area contributed by atoms with Gasteiger partial charge in [-0.15, -0.1) is 0 Å². The summed E-state index contributed by atoms with van der Waals surface area (Å²) in [5.41, 5.74) is 2.72. The van der Waals surface area contributed by atoms with Crippen LogP contribution >= 0.6 is 0 Å². The summed E-state index contributed by atoms with van der Waals surface area (Å²) in [4.78, 5) is 45.6. The van der Waals surface area contributed by atoms with Gasteiger partial charge in [0.1, 0.15) is 11.6 Å². The maximum atomic E-state index is 11.9. The lowest BCUT2D eigenvalue weighted by Gasteiger charge is -2.07. The molecule has 134 valence electrons. The fourth-order valence-electron chi connectivity index (χ4n) is 2.24. The zero-order valence-corrected chi connectivity index (χ0v) is 14.7. The molecule has 2 amide bonds. The van der Waals surface area contributed by atoms with Crippen molar-refractivity contribution in [1.29, 1.82) is 0 Å². The lowest BCUT2D eigenvalue weighted by atomic mass is 10.0. The summed E-state index contributed by atoms with van der Waals surface area (Å²) in [5.74, 6) is -0.821. The molecule has 0 radical (unpaired) electrons. The molecule has 0 aliphatic carbocycles. The number of carbonyl (C=O) groups excluding carboxylic acids is 4. The van der Waals surface area contributed by atoms with Gasteiger partial charge in [-0.1, -0.05) is 24.3 Å². The van der Waals surface area contributed by atoms with Crippen LogP contribution in [0, 0.1) is 0 Å². The maximum Gasteiger partial charge on any atom is 0.251 e. The van der Waals surface area contributed by atoms with Gasteiger partial charge in [0.05, 0.1) is 13.1 Å². The molecule has 0 saturated heterocycles. The van der Waals surface area contributed by atoms with Crippen LogP contribution in [0.1, 0.15) is 34.6 Å². The van der Waals surface area contributed by atoms with Gasteiger partial charge >= 0.3 is 0 Å². The van der Waals surface area contributed by atoms with E-state index in [1.165, 1.54) is 13.8 Å². The quantitative estimate of drug-likeness (QED) is 0.797. The minimum absolute atomic E-state index is 0.00768. The third-order valence-corrected chi connectivity index (χ3v) is 3.62. The molecule has 0 atom stereocenters. The molecule has 0 aliphatic rings. The molecule has 0 heterocycles. The van der Waals surface area contributed by atoms with Gasteiger partial charge in [-0.3, -0.25) is 19.2 Å². The van der Waals surface area contributed by atoms with Crippen molar-refractivity contribution in [2.24, 2.45) is 0 Å². The van der Waals surface area contributed by atoms with Crippen LogP contribution in [0.2, 0.25) is 0 Å². The standard InChI is InChI=1S/C20H20N2O4/c1-13(23)11-21-19(25)17-7-3-15(4-8-17)16-5-9-18(10-6-16)20(26)22-12-14(2)24/h3-10H,11-12H2,1-2H3,(H,21,25)(H,22,26). The molecule has 2 aromatic carbocycles. The Balaban J connectivity index is 2.05. The Labute approximate surface area is 151 Å². The second-order valence-electron chi connectivity index (χ2n) is 5.92. The average molecular weight is 352 g/mol. The van der Waals surface area contributed by atoms with Crippen LogP contribution in [0.15, 0.2) is 48.5 Å². The largest absolute Gasteiger partial charge is 0.345 e. The van der Waals surface area contributed by atoms with Crippen LogP contribution in [0.25, 0.3) is 11.1 Å². The van der Waals surface area contributed by atoms with E-state index in [9.17, 15) is 19.2 Å². The van der Waals surface area contributed by atoms with Gasteiger partial charge in [-0.05, 0) is 49.2 Å². The third kappa shape index (κ3) is 5.37. The van der Waals surface area contributed by atoms with Crippen molar-refractivity contribution in [2.75, 3.05) is 13.1 Å². The minimum atomic E-state index is -0.302. The lowest BCUT2D eigenvalue weighted by molar-refractivity contribution is -0.116. The molecule has 6 nitrogen and oxygen atoms in total. The Hall–Kier alpha value is -3.28. The molecule has 0 aliphatic heterocycles. The lowest BCUT2D eigenvalue weighted by Crippen LogP contribution is -2.28. The van der Waals surface area contributed by atoms with Gasteiger partial charge in [0.15, 0.2) is 0 Å². The van der Waals surface area contributed by atoms with Crippen LogP contribution in [-0.4, -0.2) is 36.5 Å². The van der Waals surface area contributed by atoms with Crippen molar-refractivity contribution >= 4 is 23.4 Å². The molecule has 0 saturated carbocycles. The Kier molecular flexibility index (Phi) is 6.38. The number of hydrogen-bond donors (Lipinski definition) is 2. The number of Topliss-reactive ketones (excluding diaryl/α,β-unsaturated/α-hetero) is 2. The second-order valence-corrected chi connectivity index (χ2v) is 5.92. The topological polar surface area (TPSA) is 92.3 Å². The van der Waals surface area contributed by atoms with Gasteiger partial charge < -0.3 is 10.6 Å². The van der Waals surface area contributed by atoms with E-state index < -0.39 is 0 Å². The van der Waals surface area contributed by atoms with E-state index in [1.807, 2.05) is 0 Å². The summed E-state index contributed by atoms with van der Waals surface area (Å²) in [6, 6.07) is 13.9. The molecular formula is C20H20N2O4. The summed E-state index contributed by atoms with van der Waals surface area (Å²) in [7, 11) is 0. The highest BCUT2D eigenvalue weighted by atomic mass is 16.2. The molecule has 0 fully saturated rings. The highest BCUT2D eigenvalue weighted by Gasteiger charge is 2.08. The predicted molar refractivity (Wildman–Crippen MR) is 97.9 cm³/mol. The van der Waals surface area contributed by atoms with E-state index >= 15 is 0 Å².